The molecule has 0 radical (unpaired) electrons. The van der Waals surface area contributed by atoms with Gasteiger partial charge < -0.3 is 0 Å². The second kappa shape index (κ2) is 6.02. The number of nitriles is 1. The van der Waals surface area contributed by atoms with E-state index in [1.807, 2.05) is 42.5 Å². The SMILES string of the molecule is N#Cc1ccc(C[n+]2cccc(-c3ccccc3)c2)cc1. The van der Waals surface area contributed by atoms with Gasteiger partial charge in [0.25, 0.3) is 0 Å². The molecule has 3 aromatic rings. The highest BCUT2D eigenvalue weighted by molar-refractivity contribution is 5.61. The van der Waals surface area contributed by atoms with Crippen molar-refractivity contribution in [3.63, 3.8) is 0 Å². The summed E-state index contributed by atoms with van der Waals surface area (Å²) in [5, 5.41) is 8.83. The first-order valence-electron chi connectivity index (χ1n) is 6.89. The molecule has 2 heteroatoms. The van der Waals surface area contributed by atoms with Crippen LogP contribution < -0.4 is 4.57 Å². The molecule has 0 unspecified atom stereocenters. The van der Waals surface area contributed by atoms with E-state index >= 15 is 0 Å². The van der Waals surface area contributed by atoms with Gasteiger partial charge in [-0.3, -0.25) is 0 Å². The Bertz CT molecular complexity index is 769. The molecular weight excluding hydrogens is 256 g/mol. The van der Waals surface area contributed by atoms with Crippen molar-refractivity contribution in [2.45, 2.75) is 6.54 Å². The van der Waals surface area contributed by atoms with Gasteiger partial charge in [-0.1, -0.05) is 42.5 Å². The molecule has 0 aliphatic carbocycles. The third kappa shape index (κ3) is 3.16. The average Bonchev–Trinajstić information content (AvgIpc) is 2.57. The minimum Gasteiger partial charge on any atom is -0.200 e. The summed E-state index contributed by atoms with van der Waals surface area (Å²) in [4.78, 5) is 0. The summed E-state index contributed by atoms with van der Waals surface area (Å²) in [5.41, 5.74) is 4.30. The first-order chi connectivity index (χ1) is 10.3. The second-order valence-corrected chi connectivity index (χ2v) is 4.94. The van der Waals surface area contributed by atoms with Crippen LogP contribution in [0.4, 0.5) is 0 Å². The summed E-state index contributed by atoms with van der Waals surface area (Å²) >= 11 is 0. The maximum atomic E-state index is 8.83. The van der Waals surface area contributed by atoms with Crippen molar-refractivity contribution in [1.82, 2.24) is 0 Å². The Morgan fingerprint density at radius 2 is 1.52 bits per heavy atom. The number of hydrogen-bond donors (Lipinski definition) is 0. The molecule has 0 atom stereocenters. The molecular formula is C19H15N2+. The Hall–Kier alpha value is -2.92. The molecule has 0 saturated carbocycles. The van der Waals surface area contributed by atoms with E-state index in [-0.39, 0.29) is 0 Å². The Morgan fingerprint density at radius 3 is 2.24 bits per heavy atom. The third-order valence-corrected chi connectivity index (χ3v) is 3.41. The molecule has 1 aromatic heterocycles. The van der Waals surface area contributed by atoms with Crippen LogP contribution in [0.15, 0.2) is 79.1 Å². The van der Waals surface area contributed by atoms with Crippen LogP contribution in [0.1, 0.15) is 11.1 Å². The molecule has 2 aromatic carbocycles. The number of rotatable bonds is 3. The van der Waals surface area contributed by atoms with Gasteiger partial charge in [0, 0.05) is 17.2 Å². The minimum absolute atomic E-state index is 0.696. The molecule has 2 nitrogen and oxygen atoms in total. The zero-order chi connectivity index (χ0) is 14.5. The van der Waals surface area contributed by atoms with E-state index in [0.717, 1.165) is 6.54 Å². The Labute approximate surface area is 124 Å². The third-order valence-electron chi connectivity index (χ3n) is 3.41. The second-order valence-electron chi connectivity index (χ2n) is 4.94. The molecule has 0 fully saturated rings. The van der Waals surface area contributed by atoms with Gasteiger partial charge in [0.15, 0.2) is 18.9 Å². The summed E-state index contributed by atoms with van der Waals surface area (Å²) in [6.45, 7) is 0.798. The lowest BCUT2D eigenvalue weighted by Gasteiger charge is -2.02. The zero-order valence-corrected chi connectivity index (χ0v) is 11.6. The normalized spacial score (nSPS) is 10.0. The summed E-state index contributed by atoms with van der Waals surface area (Å²) in [5.74, 6) is 0. The van der Waals surface area contributed by atoms with Crippen LogP contribution in [-0.2, 0) is 6.54 Å². The lowest BCUT2D eigenvalue weighted by molar-refractivity contribution is -0.687. The topological polar surface area (TPSA) is 27.7 Å². The van der Waals surface area contributed by atoms with Gasteiger partial charge in [0.05, 0.1) is 11.6 Å². The van der Waals surface area contributed by atoms with Crippen molar-refractivity contribution in [3.05, 3.63) is 90.3 Å². The number of pyridine rings is 1. The zero-order valence-electron chi connectivity index (χ0n) is 11.6. The van der Waals surface area contributed by atoms with Crippen molar-refractivity contribution in [1.29, 1.82) is 5.26 Å². The summed E-state index contributed by atoms with van der Waals surface area (Å²) in [6.07, 6.45) is 4.21. The van der Waals surface area contributed by atoms with Gasteiger partial charge >= 0.3 is 0 Å². The van der Waals surface area contributed by atoms with Crippen molar-refractivity contribution in [3.8, 4) is 17.2 Å². The van der Waals surface area contributed by atoms with Crippen molar-refractivity contribution < 1.29 is 4.57 Å². The largest absolute Gasteiger partial charge is 0.200 e. The van der Waals surface area contributed by atoms with Gasteiger partial charge in [0.2, 0.25) is 0 Å². The molecule has 0 bridgehead atoms. The van der Waals surface area contributed by atoms with Crippen LogP contribution in [0.5, 0.6) is 0 Å². The van der Waals surface area contributed by atoms with E-state index in [1.54, 1.807) is 0 Å². The van der Waals surface area contributed by atoms with Crippen LogP contribution in [0.3, 0.4) is 0 Å². The number of aromatic nitrogens is 1. The Morgan fingerprint density at radius 1 is 0.810 bits per heavy atom. The average molecular weight is 271 g/mol. The molecule has 0 aliphatic heterocycles. The molecule has 100 valence electrons. The van der Waals surface area contributed by atoms with E-state index in [0.29, 0.717) is 5.56 Å². The summed E-state index contributed by atoms with van der Waals surface area (Å²) < 4.78 is 2.16. The smallest absolute Gasteiger partial charge is 0.176 e. The van der Waals surface area contributed by atoms with E-state index in [4.69, 9.17) is 5.26 Å². The molecule has 0 aliphatic rings. The standard InChI is InChI=1S/C19H15N2/c20-13-16-8-10-17(11-9-16)14-21-12-4-7-19(15-21)18-5-2-1-3-6-18/h1-12,15H,14H2/q+1. The highest BCUT2D eigenvalue weighted by Gasteiger charge is 2.06. The number of benzene rings is 2. The van der Waals surface area contributed by atoms with E-state index in [2.05, 4.69) is 47.3 Å². The van der Waals surface area contributed by atoms with Crippen LogP contribution in [-0.4, -0.2) is 0 Å². The van der Waals surface area contributed by atoms with Crippen LogP contribution in [0.25, 0.3) is 11.1 Å². The van der Waals surface area contributed by atoms with Gasteiger partial charge in [-0.05, 0) is 23.8 Å². The summed E-state index contributed by atoms with van der Waals surface area (Å²) in [7, 11) is 0. The van der Waals surface area contributed by atoms with E-state index in [1.165, 1.54) is 16.7 Å². The first kappa shape index (κ1) is 13.1. The van der Waals surface area contributed by atoms with E-state index < -0.39 is 0 Å². The molecule has 1 heterocycles. The van der Waals surface area contributed by atoms with Crippen LogP contribution >= 0.6 is 0 Å². The fourth-order valence-electron chi connectivity index (χ4n) is 2.32. The first-order valence-corrected chi connectivity index (χ1v) is 6.89. The highest BCUT2D eigenvalue weighted by Crippen LogP contribution is 2.16. The van der Waals surface area contributed by atoms with Crippen molar-refractivity contribution >= 4 is 0 Å². The fourth-order valence-corrected chi connectivity index (χ4v) is 2.32. The number of hydrogen-bond acceptors (Lipinski definition) is 1. The maximum absolute atomic E-state index is 8.83. The maximum Gasteiger partial charge on any atom is 0.176 e. The molecule has 21 heavy (non-hydrogen) atoms. The molecule has 0 saturated heterocycles. The van der Waals surface area contributed by atoms with Crippen LogP contribution in [0, 0.1) is 11.3 Å². The molecule has 0 amide bonds. The van der Waals surface area contributed by atoms with Crippen molar-refractivity contribution in [2.24, 2.45) is 0 Å². The minimum atomic E-state index is 0.696. The molecule has 0 N–H and O–H groups in total. The lowest BCUT2D eigenvalue weighted by atomic mass is 10.1. The fraction of sp³-hybridized carbons (Fsp3) is 0.0526. The monoisotopic (exact) mass is 271 g/mol. The predicted molar refractivity (Wildman–Crippen MR) is 82.3 cm³/mol. The highest BCUT2D eigenvalue weighted by atomic mass is 14.9. The Kier molecular flexibility index (Phi) is 3.75. The molecule has 3 rings (SSSR count). The van der Waals surface area contributed by atoms with Gasteiger partial charge in [-0.2, -0.15) is 5.26 Å². The quantitative estimate of drug-likeness (QED) is 0.669. The van der Waals surface area contributed by atoms with Gasteiger partial charge in [-0.25, -0.2) is 4.57 Å². The van der Waals surface area contributed by atoms with Gasteiger partial charge in [0.1, 0.15) is 0 Å². The van der Waals surface area contributed by atoms with Crippen LogP contribution in [0.2, 0.25) is 0 Å². The van der Waals surface area contributed by atoms with Gasteiger partial charge in [-0.15, -0.1) is 0 Å². The lowest BCUT2D eigenvalue weighted by Crippen LogP contribution is -2.33. The molecule has 0 spiro atoms. The predicted octanol–water partition coefficient (Wildman–Crippen LogP) is 3.56. The van der Waals surface area contributed by atoms with E-state index in [9.17, 15) is 0 Å². The number of nitrogens with zero attached hydrogens (tertiary/aromatic N) is 2. The Balaban J connectivity index is 1.85. The summed E-state index contributed by atoms with van der Waals surface area (Å²) in [6, 6.07) is 24.4. The van der Waals surface area contributed by atoms with Crippen molar-refractivity contribution in [2.75, 3.05) is 0 Å².